The molecule has 3 rings (SSSR count). The number of fused-ring (bicyclic) bond motifs is 1. The second-order valence-electron chi connectivity index (χ2n) is 5.14. The molecule has 3 aliphatic rings. The fourth-order valence-electron chi connectivity index (χ4n) is 3.20. The van der Waals surface area contributed by atoms with Gasteiger partial charge in [0.05, 0.1) is 6.61 Å². The highest BCUT2D eigenvalue weighted by molar-refractivity contribution is 5.00. The molecular formula is C11H20N2O. The largest absolute Gasteiger partial charge is 0.381 e. The quantitative estimate of drug-likeness (QED) is 0.705. The van der Waals surface area contributed by atoms with Crippen molar-refractivity contribution in [2.45, 2.75) is 18.9 Å². The minimum absolute atomic E-state index is 0.602. The molecule has 2 saturated heterocycles. The maximum atomic E-state index is 5.90. The average molecular weight is 196 g/mol. The zero-order chi connectivity index (χ0) is 9.54. The Morgan fingerprint density at radius 1 is 1.36 bits per heavy atom. The van der Waals surface area contributed by atoms with Gasteiger partial charge in [-0.05, 0) is 24.7 Å². The van der Waals surface area contributed by atoms with Gasteiger partial charge in [0.15, 0.2) is 0 Å². The van der Waals surface area contributed by atoms with Crippen LogP contribution in [0.25, 0.3) is 0 Å². The Labute approximate surface area is 85.6 Å². The van der Waals surface area contributed by atoms with E-state index in [1.165, 1.54) is 25.9 Å². The van der Waals surface area contributed by atoms with E-state index in [1.54, 1.807) is 0 Å². The van der Waals surface area contributed by atoms with Crippen LogP contribution in [0.3, 0.4) is 0 Å². The van der Waals surface area contributed by atoms with Crippen LogP contribution >= 0.6 is 0 Å². The Hall–Kier alpha value is -0.120. The lowest BCUT2D eigenvalue weighted by atomic mass is 9.97. The van der Waals surface area contributed by atoms with Crippen molar-refractivity contribution < 1.29 is 4.74 Å². The molecule has 0 aromatic carbocycles. The van der Waals surface area contributed by atoms with Gasteiger partial charge in [-0.3, -0.25) is 4.90 Å². The molecular weight excluding hydrogens is 176 g/mol. The van der Waals surface area contributed by atoms with E-state index in [1.807, 2.05) is 0 Å². The molecule has 3 nitrogen and oxygen atoms in total. The Kier molecular flexibility index (Phi) is 2.26. The van der Waals surface area contributed by atoms with E-state index in [2.05, 4.69) is 4.90 Å². The van der Waals surface area contributed by atoms with E-state index >= 15 is 0 Å². The SMILES string of the molecule is NCC(C1CCOC1)N1CC2CC2C1. The van der Waals surface area contributed by atoms with Gasteiger partial charge in [-0.15, -0.1) is 0 Å². The monoisotopic (exact) mass is 196 g/mol. The van der Waals surface area contributed by atoms with Crippen LogP contribution in [-0.4, -0.2) is 43.8 Å². The highest BCUT2D eigenvalue weighted by Crippen LogP contribution is 2.46. The molecule has 0 aromatic rings. The van der Waals surface area contributed by atoms with E-state index in [0.717, 1.165) is 31.6 Å². The number of likely N-dealkylation sites (tertiary alicyclic amines) is 1. The Morgan fingerprint density at radius 3 is 2.71 bits per heavy atom. The molecule has 0 spiro atoms. The first-order valence-corrected chi connectivity index (χ1v) is 5.90. The summed E-state index contributed by atoms with van der Waals surface area (Å²) in [6.07, 6.45) is 2.70. The third-order valence-corrected chi connectivity index (χ3v) is 4.23. The van der Waals surface area contributed by atoms with Crippen molar-refractivity contribution in [2.24, 2.45) is 23.5 Å². The lowest BCUT2D eigenvalue weighted by molar-refractivity contribution is 0.131. The Balaban J connectivity index is 1.61. The second-order valence-corrected chi connectivity index (χ2v) is 5.14. The third-order valence-electron chi connectivity index (χ3n) is 4.23. The molecule has 14 heavy (non-hydrogen) atoms. The predicted molar refractivity (Wildman–Crippen MR) is 54.9 cm³/mol. The van der Waals surface area contributed by atoms with E-state index in [9.17, 15) is 0 Å². The fourth-order valence-corrected chi connectivity index (χ4v) is 3.20. The predicted octanol–water partition coefficient (Wildman–Crippen LogP) is 0.302. The van der Waals surface area contributed by atoms with Crippen LogP contribution in [-0.2, 0) is 4.74 Å². The topological polar surface area (TPSA) is 38.5 Å². The summed E-state index contributed by atoms with van der Waals surface area (Å²) in [6, 6.07) is 0.602. The van der Waals surface area contributed by atoms with E-state index in [4.69, 9.17) is 10.5 Å². The van der Waals surface area contributed by atoms with Gasteiger partial charge in [0.1, 0.15) is 0 Å². The van der Waals surface area contributed by atoms with Crippen molar-refractivity contribution in [1.29, 1.82) is 0 Å². The van der Waals surface area contributed by atoms with Crippen LogP contribution in [0.4, 0.5) is 0 Å². The standard InChI is InChI=1S/C11H20N2O/c12-4-11(8-1-2-14-7-8)13-5-9-3-10(9)6-13/h8-11H,1-7,12H2. The minimum atomic E-state index is 0.602. The van der Waals surface area contributed by atoms with Crippen molar-refractivity contribution in [1.82, 2.24) is 4.90 Å². The molecule has 3 fully saturated rings. The molecule has 1 aliphatic carbocycles. The molecule has 4 atom stereocenters. The molecule has 3 heteroatoms. The summed E-state index contributed by atoms with van der Waals surface area (Å²) in [5.41, 5.74) is 5.90. The summed E-state index contributed by atoms with van der Waals surface area (Å²) < 4.78 is 5.46. The first-order chi connectivity index (χ1) is 6.88. The molecule has 80 valence electrons. The molecule has 2 heterocycles. The Bertz CT molecular complexity index is 205. The maximum Gasteiger partial charge on any atom is 0.0510 e. The summed E-state index contributed by atoms with van der Waals surface area (Å²) >= 11 is 0. The summed E-state index contributed by atoms with van der Waals surface area (Å²) in [6.45, 7) is 5.31. The van der Waals surface area contributed by atoms with Crippen LogP contribution in [0, 0.1) is 17.8 Å². The highest BCUT2D eigenvalue weighted by atomic mass is 16.5. The molecule has 2 N–H and O–H groups in total. The van der Waals surface area contributed by atoms with Crippen LogP contribution in [0.5, 0.6) is 0 Å². The number of ether oxygens (including phenoxy) is 1. The van der Waals surface area contributed by atoms with Crippen LogP contribution in [0.15, 0.2) is 0 Å². The fraction of sp³-hybridized carbons (Fsp3) is 1.00. The van der Waals surface area contributed by atoms with Gasteiger partial charge in [-0.1, -0.05) is 0 Å². The minimum Gasteiger partial charge on any atom is -0.381 e. The normalized spacial score (nSPS) is 43.9. The summed E-state index contributed by atoms with van der Waals surface area (Å²) in [5, 5.41) is 0. The van der Waals surface area contributed by atoms with Crippen molar-refractivity contribution in [2.75, 3.05) is 32.8 Å². The lowest BCUT2D eigenvalue weighted by Crippen LogP contribution is -2.45. The van der Waals surface area contributed by atoms with Crippen molar-refractivity contribution in [3.8, 4) is 0 Å². The zero-order valence-electron chi connectivity index (χ0n) is 8.69. The number of hydrogen-bond donors (Lipinski definition) is 1. The molecule has 0 bridgehead atoms. The average Bonchev–Trinajstić information content (AvgIpc) is 2.70. The summed E-state index contributed by atoms with van der Waals surface area (Å²) in [4.78, 5) is 2.62. The van der Waals surface area contributed by atoms with Gasteiger partial charge in [-0.25, -0.2) is 0 Å². The smallest absolute Gasteiger partial charge is 0.0510 e. The van der Waals surface area contributed by atoms with Crippen molar-refractivity contribution >= 4 is 0 Å². The molecule has 1 saturated carbocycles. The maximum absolute atomic E-state index is 5.90. The van der Waals surface area contributed by atoms with Gasteiger partial charge in [0, 0.05) is 38.2 Å². The van der Waals surface area contributed by atoms with Gasteiger partial charge >= 0.3 is 0 Å². The third kappa shape index (κ3) is 1.47. The molecule has 0 amide bonds. The molecule has 2 aliphatic heterocycles. The molecule has 0 aromatic heterocycles. The highest BCUT2D eigenvalue weighted by Gasteiger charge is 2.47. The van der Waals surface area contributed by atoms with Crippen LogP contribution in [0.2, 0.25) is 0 Å². The number of piperidine rings is 1. The van der Waals surface area contributed by atoms with Crippen molar-refractivity contribution in [3.05, 3.63) is 0 Å². The lowest BCUT2D eigenvalue weighted by Gasteiger charge is -2.31. The van der Waals surface area contributed by atoms with Gasteiger partial charge in [-0.2, -0.15) is 0 Å². The van der Waals surface area contributed by atoms with E-state index < -0.39 is 0 Å². The summed E-state index contributed by atoms with van der Waals surface area (Å²) in [7, 11) is 0. The van der Waals surface area contributed by atoms with Gasteiger partial charge < -0.3 is 10.5 Å². The zero-order valence-corrected chi connectivity index (χ0v) is 8.69. The van der Waals surface area contributed by atoms with Crippen molar-refractivity contribution in [3.63, 3.8) is 0 Å². The number of nitrogens with two attached hydrogens (primary N) is 1. The molecule has 4 unspecified atom stereocenters. The van der Waals surface area contributed by atoms with E-state index in [-0.39, 0.29) is 0 Å². The van der Waals surface area contributed by atoms with E-state index in [0.29, 0.717) is 12.0 Å². The Morgan fingerprint density at radius 2 is 2.14 bits per heavy atom. The number of nitrogens with zero attached hydrogens (tertiary/aromatic N) is 1. The number of rotatable bonds is 3. The van der Waals surface area contributed by atoms with Crippen LogP contribution in [0.1, 0.15) is 12.8 Å². The van der Waals surface area contributed by atoms with Gasteiger partial charge in [0.25, 0.3) is 0 Å². The first-order valence-electron chi connectivity index (χ1n) is 5.90. The molecule has 0 radical (unpaired) electrons. The second kappa shape index (κ2) is 3.47. The van der Waals surface area contributed by atoms with Crippen LogP contribution < -0.4 is 5.73 Å². The van der Waals surface area contributed by atoms with Gasteiger partial charge in [0.2, 0.25) is 0 Å². The first kappa shape index (κ1) is 9.13. The summed E-state index contributed by atoms with van der Waals surface area (Å²) in [5.74, 6) is 2.75. The number of hydrogen-bond acceptors (Lipinski definition) is 3.